The minimum atomic E-state index is 0.303. The van der Waals surface area contributed by atoms with E-state index in [0.717, 1.165) is 6.61 Å². The molecule has 1 heterocycles. The molecule has 1 fully saturated rings. The number of thioether (sulfide) groups is 1. The molecule has 72 valence electrons. The molecule has 0 aliphatic carbocycles. The second kappa shape index (κ2) is 3.99. The zero-order chi connectivity index (χ0) is 9.19. The third-order valence-electron chi connectivity index (χ3n) is 2.10. The second-order valence-electron chi connectivity index (χ2n) is 4.19. The lowest BCUT2D eigenvalue weighted by Crippen LogP contribution is -2.41. The summed E-state index contributed by atoms with van der Waals surface area (Å²) in [5, 5.41) is 4.17. The largest absolute Gasteiger partial charge is 0.384 e. The predicted octanol–water partition coefficient (Wildman–Crippen LogP) is 1.71. The van der Waals surface area contributed by atoms with Crippen molar-refractivity contribution >= 4 is 11.8 Å². The van der Waals surface area contributed by atoms with Crippen molar-refractivity contribution in [1.82, 2.24) is 5.32 Å². The van der Waals surface area contributed by atoms with E-state index in [0.29, 0.717) is 16.8 Å². The highest BCUT2D eigenvalue weighted by Crippen LogP contribution is 2.30. The van der Waals surface area contributed by atoms with Crippen LogP contribution in [0.25, 0.3) is 0 Å². The van der Waals surface area contributed by atoms with E-state index in [1.807, 2.05) is 11.8 Å². The average molecular weight is 189 g/mol. The molecule has 0 spiro atoms. The molecule has 2 atom stereocenters. The summed E-state index contributed by atoms with van der Waals surface area (Å²) in [4.78, 5) is 0. The third kappa shape index (κ3) is 2.64. The van der Waals surface area contributed by atoms with Gasteiger partial charge in [0, 0.05) is 24.3 Å². The SMILES string of the molecule is COCC(C)C1NC(C)(C)CS1. The van der Waals surface area contributed by atoms with Crippen LogP contribution >= 0.6 is 11.8 Å². The van der Waals surface area contributed by atoms with Crippen LogP contribution in [0.3, 0.4) is 0 Å². The van der Waals surface area contributed by atoms with Crippen LogP contribution in [0, 0.1) is 5.92 Å². The van der Waals surface area contributed by atoms with Crippen molar-refractivity contribution in [2.45, 2.75) is 31.7 Å². The maximum Gasteiger partial charge on any atom is 0.0585 e. The second-order valence-corrected chi connectivity index (χ2v) is 5.32. The molecule has 3 heteroatoms. The summed E-state index contributed by atoms with van der Waals surface area (Å²) in [5.74, 6) is 1.80. The van der Waals surface area contributed by atoms with E-state index < -0.39 is 0 Å². The van der Waals surface area contributed by atoms with Crippen molar-refractivity contribution in [3.05, 3.63) is 0 Å². The molecule has 1 aliphatic rings. The Hall–Kier alpha value is 0.270. The minimum absolute atomic E-state index is 0.303. The molecule has 1 N–H and O–H groups in total. The van der Waals surface area contributed by atoms with Gasteiger partial charge in [0.15, 0.2) is 0 Å². The Labute approximate surface area is 79.4 Å². The van der Waals surface area contributed by atoms with Crippen LogP contribution in [0.1, 0.15) is 20.8 Å². The first-order valence-corrected chi connectivity index (χ1v) is 5.48. The van der Waals surface area contributed by atoms with E-state index >= 15 is 0 Å². The van der Waals surface area contributed by atoms with Gasteiger partial charge < -0.3 is 4.74 Å². The Balaban J connectivity index is 2.36. The first kappa shape index (κ1) is 10.4. The van der Waals surface area contributed by atoms with Gasteiger partial charge in [0.1, 0.15) is 0 Å². The van der Waals surface area contributed by atoms with Gasteiger partial charge in [0.25, 0.3) is 0 Å². The molecule has 0 aromatic carbocycles. The van der Waals surface area contributed by atoms with E-state index in [4.69, 9.17) is 4.74 Å². The van der Waals surface area contributed by atoms with Gasteiger partial charge in [-0.3, -0.25) is 5.32 Å². The molecule has 0 amide bonds. The first-order chi connectivity index (χ1) is 5.55. The fourth-order valence-electron chi connectivity index (χ4n) is 1.42. The molecule has 1 aliphatic heterocycles. The number of methoxy groups -OCH3 is 1. The Kier molecular flexibility index (Phi) is 3.44. The zero-order valence-electron chi connectivity index (χ0n) is 8.39. The summed E-state index contributed by atoms with van der Waals surface area (Å²) in [6.07, 6.45) is 0. The van der Waals surface area contributed by atoms with Gasteiger partial charge in [0.05, 0.1) is 12.0 Å². The molecule has 0 saturated carbocycles. The Bertz CT molecular complexity index is 149. The van der Waals surface area contributed by atoms with E-state index in [2.05, 4.69) is 26.1 Å². The molecule has 0 bridgehead atoms. The average Bonchev–Trinajstić information content (AvgIpc) is 2.31. The van der Waals surface area contributed by atoms with Gasteiger partial charge in [-0.15, -0.1) is 11.8 Å². The van der Waals surface area contributed by atoms with Gasteiger partial charge in [-0.2, -0.15) is 0 Å². The molecule has 0 aromatic rings. The van der Waals surface area contributed by atoms with Crippen molar-refractivity contribution in [2.24, 2.45) is 5.92 Å². The van der Waals surface area contributed by atoms with Gasteiger partial charge >= 0.3 is 0 Å². The van der Waals surface area contributed by atoms with Crippen LogP contribution < -0.4 is 5.32 Å². The molecular formula is C9H19NOS. The van der Waals surface area contributed by atoms with Crippen molar-refractivity contribution in [3.63, 3.8) is 0 Å². The fourth-order valence-corrected chi connectivity index (χ4v) is 2.91. The molecule has 0 aromatic heterocycles. The van der Waals surface area contributed by atoms with E-state index in [1.165, 1.54) is 5.75 Å². The normalized spacial score (nSPS) is 30.5. The number of nitrogens with one attached hydrogen (secondary N) is 1. The molecule has 1 rings (SSSR count). The van der Waals surface area contributed by atoms with E-state index in [1.54, 1.807) is 7.11 Å². The molecule has 2 nitrogen and oxygen atoms in total. The maximum absolute atomic E-state index is 5.13. The number of rotatable bonds is 3. The quantitative estimate of drug-likeness (QED) is 0.730. The third-order valence-corrected chi connectivity index (χ3v) is 3.93. The van der Waals surface area contributed by atoms with Gasteiger partial charge in [-0.25, -0.2) is 0 Å². The fraction of sp³-hybridized carbons (Fsp3) is 1.00. The topological polar surface area (TPSA) is 21.3 Å². The number of ether oxygens (including phenoxy) is 1. The van der Waals surface area contributed by atoms with Crippen LogP contribution in [0.5, 0.6) is 0 Å². The van der Waals surface area contributed by atoms with Gasteiger partial charge in [-0.05, 0) is 13.8 Å². The molecule has 0 radical (unpaired) electrons. The van der Waals surface area contributed by atoms with Crippen LogP contribution in [-0.4, -0.2) is 30.4 Å². The van der Waals surface area contributed by atoms with Crippen LogP contribution in [0.4, 0.5) is 0 Å². The van der Waals surface area contributed by atoms with E-state index in [9.17, 15) is 0 Å². The molecule has 2 unspecified atom stereocenters. The summed E-state index contributed by atoms with van der Waals surface area (Å²) >= 11 is 2.01. The number of hydrogen-bond donors (Lipinski definition) is 1. The Morgan fingerprint density at radius 1 is 1.67 bits per heavy atom. The van der Waals surface area contributed by atoms with Crippen LogP contribution in [-0.2, 0) is 4.74 Å². The molecule has 1 saturated heterocycles. The van der Waals surface area contributed by atoms with E-state index in [-0.39, 0.29) is 0 Å². The van der Waals surface area contributed by atoms with Crippen LogP contribution in [0.15, 0.2) is 0 Å². The molecular weight excluding hydrogens is 170 g/mol. The van der Waals surface area contributed by atoms with Crippen molar-refractivity contribution < 1.29 is 4.74 Å². The first-order valence-electron chi connectivity index (χ1n) is 4.43. The van der Waals surface area contributed by atoms with Gasteiger partial charge in [0.2, 0.25) is 0 Å². The predicted molar refractivity (Wildman–Crippen MR) is 54.5 cm³/mol. The number of hydrogen-bond acceptors (Lipinski definition) is 3. The smallest absolute Gasteiger partial charge is 0.0585 e. The standard InChI is InChI=1S/C9H19NOS/c1-7(5-11-4)8-10-9(2,3)6-12-8/h7-8,10H,5-6H2,1-4H3. The summed E-state index contributed by atoms with van der Waals surface area (Å²) in [6, 6.07) is 0. The summed E-state index contributed by atoms with van der Waals surface area (Å²) < 4.78 is 5.13. The highest BCUT2D eigenvalue weighted by molar-refractivity contribution is 8.00. The lowest BCUT2D eigenvalue weighted by atomic mass is 10.1. The lowest BCUT2D eigenvalue weighted by molar-refractivity contribution is 0.151. The summed E-state index contributed by atoms with van der Waals surface area (Å²) in [5.41, 5.74) is 0.303. The van der Waals surface area contributed by atoms with Gasteiger partial charge in [-0.1, -0.05) is 6.92 Å². The van der Waals surface area contributed by atoms with Crippen molar-refractivity contribution in [3.8, 4) is 0 Å². The van der Waals surface area contributed by atoms with Crippen LogP contribution in [0.2, 0.25) is 0 Å². The monoisotopic (exact) mass is 189 g/mol. The summed E-state index contributed by atoms with van der Waals surface area (Å²) in [7, 11) is 1.77. The van der Waals surface area contributed by atoms with Crippen molar-refractivity contribution in [2.75, 3.05) is 19.5 Å². The maximum atomic E-state index is 5.13. The summed E-state index contributed by atoms with van der Waals surface area (Å²) in [6.45, 7) is 7.58. The highest BCUT2D eigenvalue weighted by atomic mass is 32.2. The van der Waals surface area contributed by atoms with Crippen molar-refractivity contribution in [1.29, 1.82) is 0 Å². The zero-order valence-corrected chi connectivity index (χ0v) is 9.20. The minimum Gasteiger partial charge on any atom is -0.384 e. The Morgan fingerprint density at radius 3 is 2.75 bits per heavy atom. The lowest BCUT2D eigenvalue weighted by Gasteiger charge is -2.22. The highest BCUT2D eigenvalue weighted by Gasteiger charge is 2.33. The Morgan fingerprint density at radius 2 is 2.33 bits per heavy atom. The molecule has 12 heavy (non-hydrogen) atoms.